The monoisotopic (exact) mass is 262 g/mol. The van der Waals surface area contributed by atoms with E-state index < -0.39 is 11.5 Å². The molecule has 1 saturated heterocycles. The number of hydrogen-bond acceptors (Lipinski definition) is 3. The van der Waals surface area contributed by atoms with Crippen LogP contribution in [0.5, 0.6) is 0 Å². The normalized spacial score (nSPS) is 19.3. The first-order valence-electron chi connectivity index (χ1n) is 6.74. The molecule has 0 amide bonds. The average molecular weight is 262 g/mol. The van der Waals surface area contributed by atoms with Crippen molar-refractivity contribution < 1.29 is 9.90 Å². The molecule has 0 spiro atoms. The number of nitrogens with one attached hydrogen (secondary N) is 1. The van der Waals surface area contributed by atoms with E-state index in [1.54, 1.807) is 0 Å². The Morgan fingerprint density at radius 1 is 1.32 bits per heavy atom. The van der Waals surface area contributed by atoms with E-state index in [2.05, 4.69) is 22.3 Å². The highest BCUT2D eigenvalue weighted by molar-refractivity contribution is 5.79. The van der Waals surface area contributed by atoms with Crippen LogP contribution in [0.1, 0.15) is 24.0 Å². The van der Waals surface area contributed by atoms with Crippen LogP contribution in [-0.2, 0) is 11.3 Å². The zero-order valence-electron chi connectivity index (χ0n) is 11.6. The van der Waals surface area contributed by atoms with Crippen molar-refractivity contribution in [2.24, 2.45) is 0 Å². The second-order valence-corrected chi connectivity index (χ2v) is 5.53. The highest BCUT2D eigenvalue weighted by Crippen LogP contribution is 2.22. The minimum Gasteiger partial charge on any atom is -0.480 e. The standard InChI is InChI=1S/C15H22N2O2/c1-12-3-5-13(6-4-12)11-16-15(14(18)19)7-9-17(2)10-8-15/h3-6,16H,7-11H2,1-2H3,(H,18,19). The zero-order valence-corrected chi connectivity index (χ0v) is 11.6. The molecule has 2 N–H and O–H groups in total. The van der Waals surface area contributed by atoms with Gasteiger partial charge in [-0.3, -0.25) is 10.1 Å². The van der Waals surface area contributed by atoms with Gasteiger partial charge in [0, 0.05) is 19.6 Å². The fourth-order valence-electron chi connectivity index (χ4n) is 2.44. The van der Waals surface area contributed by atoms with Gasteiger partial charge in [0.05, 0.1) is 0 Å². The van der Waals surface area contributed by atoms with Crippen molar-refractivity contribution in [3.05, 3.63) is 35.4 Å². The molecule has 4 nitrogen and oxygen atoms in total. The first kappa shape index (κ1) is 14.0. The molecule has 4 heteroatoms. The fraction of sp³-hybridized carbons (Fsp3) is 0.533. The Balaban J connectivity index is 2.01. The third kappa shape index (κ3) is 3.33. The Kier molecular flexibility index (Phi) is 4.22. The van der Waals surface area contributed by atoms with Crippen LogP contribution in [0, 0.1) is 6.92 Å². The van der Waals surface area contributed by atoms with E-state index in [4.69, 9.17) is 0 Å². The van der Waals surface area contributed by atoms with E-state index in [0.717, 1.165) is 18.7 Å². The van der Waals surface area contributed by atoms with Crippen LogP contribution in [0.15, 0.2) is 24.3 Å². The number of carboxylic acid groups (broad SMARTS) is 1. The summed E-state index contributed by atoms with van der Waals surface area (Å²) in [5.74, 6) is -0.729. The number of rotatable bonds is 4. The van der Waals surface area contributed by atoms with E-state index in [1.165, 1.54) is 5.56 Å². The molecule has 1 aliphatic heterocycles. The molecule has 1 aliphatic rings. The molecule has 1 heterocycles. The molecule has 0 unspecified atom stereocenters. The summed E-state index contributed by atoms with van der Waals surface area (Å²) in [6, 6.07) is 8.21. The number of hydrogen-bond donors (Lipinski definition) is 2. The van der Waals surface area contributed by atoms with E-state index >= 15 is 0 Å². The summed E-state index contributed by atoms with van der Waals surface area (Å²) in [6.07, 6.45) is 1.31. The van der Waals surface area contributed by atoms with Gasteiger partial charge in [-0.05, 0) is 32.4 Å². The number of nitrogens with zero attached hydrogens (tertiary/aromatic N) is 1. The topological polar surface area (TPSA) is 52.6 Å². The van der Waals surface area contributed by atoms with Crippen LogP contribution >= 0.6 is 0 Å². The molecule has 1 fully saturated rings. The van der Waals surface area contributed by atoms with E-state index in [0.29, 0.717) is 19.4 Å². The van der Waals surface area contributed by atoms with Crippen molar-refractivity contribution in [2.75, 3.05) is 20.1 Å². The Hall–Kier alpha value is -1.39. The van der Waals surface area contributed by atoms with Gasteiger partial charge in [-0.1, -0.05) is 29.8 Å². The number of benzene rings is 1. The summed E-state index contributed by atoms with van der Waals surface area (Å²) in [4.78, 5) is 13.8. The maximum atomic E-state index is 11.6. The van der Waals surface area contributed by atoms with Crippen LogP contribution in [0.2, 0.25) is 0 Å². The van der Waals surface area contributed by atoms with E-state index in [1.807, 2.05) is 26.1 Å². The summed E-state index contributed by atoms with van der Waals surface area (Å²) in [6.45, 7) is 4.31. The van der Waals surface area contributed by atoms with Gasteiger partial charge in [-0.15, -0.1) is 0 Å². The summed E-state index contributed by atoms with van der Waals surface area (Å²) < 4.78 is 0. The molecular weight excluding hydrogens is 240 g/mol. The maximum Gasteiger partial charge on any atom is 0.324 e. The second-order valence-electron chi connectivity index (χ2n) is 5.53. The van der Waals surface area contributed by atoms with Gasteiger partial charge in [0.2, 0.25) is 0 Å². The van der Waals surface area contributed by atoms with Crippen molar-refractivity contribution in [1.82, 2.24) is 10.2 Å². The molecule has 0 aliphatic carbocycles. The molecule has 1 aromatic carbocycles. The molecule has 104 valence electrons. The Morgan fingerprint density at radius 3 is 2.42 bits per heavy atom. The van der Waals surface area contributed by atoms with Gasteiger partial charge >= 0.3 is 5.97 Å². The number of aliphatic carboxylic acids is 1. The lowest BCUT2D eigenvalue weighted by Gasteiger charge is -2.38. The lowest BCUT2D eigenvalue weighted by molar-refractivity contribution is -0.147. The highest BCUT2D eigenvalue weighted by atomic mass is 16.4. The predicted octanol–water partition coefficient (Wildman–Crippen LogP) is 1.63. The van der Waals surface area contributed by atoms with Crippen LogP contribution in [0.25, 0.3) is 0 Å². The van der Waals surface area contributed by atoms with Crippen molar-refractivity contribution in [3.63, 3.8) is 0 Å². The number of likely N-dealkylation sites (tertiary alicyclic amines) is 1. The average Bonchev–Trinajstić information content (AvgIpc) is 2.40. The van der Waals surface area contributed by atoms with Crippen molar-refractivity contribution in [2.45, 2.75) is 31.8 Å². The number of carboxylic acids is 1. The van der Waals surface area contributed by atoms with Gasteiger partial charge in [0.15, 0.2) is 0 Å². The number of carbonyl (C=O) groups is 1. The minimum absolute atomic E-state index is 0.607. The van der Waals surface area contributed by atoms with Crippen molar-refractivity contribution >= 4 is 5.97 Å². The molecule has 0 radical (unpaired) electrons. The van der Waals surface area contributed by atoms with Crippen LogP contribution in [0.3, 0.4) is 0 Å². The van der Waals surface area contributed by atoms with Crippen LogP contribution in [0.4, 0.5) is 0 Å². The summed E-state index contributed by atoms with van der Waals surface area (Å²) in [7, 11) is 2.03. The molecular formula is C15H22N2O2. The van der Waals surface area contributed by atoms with E-state index in [9.17, 15) is 9.90 Å². The van der Waals surface area contributed by atoms with Gasteiger partial charge in [0.1, 0.15) is 5.54 Å². The maximum absolute atomic E-state index is 11.6. The largest absolute Gasteiger partial charge is 0.480 e. The zero-order chi connectivity index (χ0) is 13.9. The second kappa shape index (κ2) is 5.72. The van der Waals surface area contributed by atoms with Crippen LogP contribution in [-0.4, -0.2) is 41.7 Å². The molecule has 1 aromatic rings. The van der Waals surface area contributed by atoms with Gasteiger partial charge in [-0.2, -0.15) is 0 Å². The molecule has 2 rings (SSSR count). The minimum atomic E-state index is -0.766. The molecule has 0 saturated carbocycles. The summed E-state index contributed by atoms with van der Waals surface area (Å²) >= 11 is 0. The molecule has 19 heavy (non-hydrogen) atoms. The molecule has 0 atom stereocenters. The quantitative estimate of drug-likeness (QED) is 0.866. The van der Waals surface area contributed by atoms with Crippen molar-refractivity contribution in [1.29, 1.82) is 0 Å². The van der Waals surface area contributed by atoms with Gasteiger partial charge in [-0.25, -0.2) is 0 Å². The first-order chi connectivity index (χ1) is 9.02. The van der Waals surface area contributed by atoms with Crippen LogP contribution < -0.4 is 5.32 Å². The van der Waals surface area contributed by atoms with E-state index in [-0.39, 0.29) is 0 Å². The summed E-state index contributed by atoms with van der Waals surface area (Å²) in [5, 5.41) is 12.8. The number of piperidine rings is 1. The smallest absolute Gasteiger partial charge is 0.324 e. The predicted molar refractivity (Wildman–Crippen MR) is 75.1 cm³/mol. The lowest BCUT2D eigenvalue weighted by Crippen LogP contribution is -2.57. The Morgan fingerprint density at radius 2 is 1.89 bits per heavy atom. The highest BCUT2D eigenvalue weighted by Gasteiger charge is 2.40. The first-order valence-corrected chi connectivity index (χ1v) is 6.74. The summed E-state index contributed by atoms with van der Waals surface area (Å²) in [5.41, 5.74) is 1.58. The van der Waals surface area contributed by atoms with Gasteiger partial charge < -0.3 is 10.0 Å². The molecule has 0 aromatic heterocycles. The lowest BCUT2D eigenvalue weighted by atomic mass is 9.87. The Bertz CT molecular complexity index is 434. The third-order valence-corrected chi connectivity index (χ3v) is 4.00. The SMILES string of the molecule is Cc1ccc(CNC2(C(=O)O)CCN(C)CC2)cc1. The number of aryl methyl sites for hydroxylation is 1. The third-order valence-electron chi connectivity index (χ3n) is 4.00. The Labute approximate surface area is 114 Å². The van der Waals surface area contributed by atoms with Gasteiger partial charge in [0.25, 0.3) is 0 Å². The fourth-order valence-corrected chi connectivity index (χ4v) is 2.44. The van der Waals surface area contributed by atoms with Crippen molar-refractivity contribution in [3.8, 4) is 0 Å². The molecule has 0 bridgehead atoms.